The van der Waals surface area contributed by atoms with Crippen molar-refractivity contribution in [2.45, 2.75) is 82.6 Å². The number of carbonyl (C=O) groups excluding carboxylic acids is 1. The van der Waals surface area contributed by atoms with Gasteiger partial charge in [-0.25, -0.2) is 0 Å². The molecule has 4 aliphatic rings. The number of ketones is 1. The van der Waals surface area contributed by atoms with E-state index < -0.39 is 0 Å². The van der Waals surface area contributed by atoms with Crippen LogP contribution in [-0.4, -0.2) is 21.3 Å². The number of alkyl halides is 1. The Labute approximate surface area is 154 Å². The van der Waals surface area contributed by atoms with Gasteiger partial charge < -0.3 is 5.11 Å². The van der Waals surface area contributed by atoms with Crippen molar-refractivity contribution >= 4 is 21.7 Å². The van der Waals surface area contributed by atoms with Gasteiger partial charge in [0.05, 0.1) is 10.4 Å². The summed E-state index contributed by atoms with van der Waals surface area (Å²) in [7, 11) is 0. The largest absolute Gasteiger partial charge is 0.393 e. The first-order valence-electron chi connectivity index (χ1n) is 9.80. The van der Waals surface area contributed by atoms with Crippen LogP contribution in [0.1, 0.15) is 72.1 Å². The summed E-state index contributed by atoms with van der Waals surface area (Å²) in [6.45, 7) is 6.62. The van der Waals surface area contributed by atoms with E-state index in [0.29, 0.717) is 17.6 Å². The van der Waals surface area contributed by atoms with Gasteiger partial charge >= 0.3 is 0 Å². The standard InChI is InChI=1S/C21H31BrO2/c1-13(23)21(22)11-8-18-16-5-4-14-12-15(24)6-9-19(14,2)17(16)7-10-20(18,21)3/h4,15-18,24H,5-12H2,1-3H3/t15-,16+,17-,18-,19-,20-,21-/m0/s1. The first kappa shape index (κ1) is 17.3. The molecule has 0 aliphatic heterocycles. The van der Waals surface area contributed by atoms with Crippen molar-refractivity contribution in [2.75, 3.05) is 0 Å². The Morgan fingerprint density at radius 3 is 2.58 bits per heavy atom. The van der Waals surface area contributed by atoms with Crippen LogP contribution in [-0.2, 0) is 4.79 Å². The number of hydrogen-bond acceptors (Lipinski definition) is 2. The molecule has 0 radical (unpaired) electrons. The molecular formula is C21H31BrO2. The van der Waals surface area contributed by atoms with Gasteiger partial charge in [0.25, 0.3) is 0 Å². The van der Waals surface area contributed by atoms with Crippen molar-refractivity contribution in [1.29, 1.82) is 0 Å². The first-order valence-corrected chi connectivity index (χ1v) is 10.6. The average Bonchev–Trinajstić information content (AvgIpc) is 2.81. The van der Waals surface area contributed by atoms with Crippen molar-refractivity contribution in [1.82, 2.24) is 0 Å². The summed E-state index contributed by atoms with van der Waals surface area (Å²) in [5.41, 5.74) is 1.92. The van der Waals surface area contributed by atoms with Gasteiger partial charge in [-0.05, 0) is 86.9 Å². The number of Topliss-reactive ketones (excluding diaryl/α,β-unsaturated/α-hetero) is 1. The second kappa shape index (κ2) is 5.42. The van der Waals surface area contributed by atoms with E-state index in [0.717, 1.165) is 44.4 Å². The van der Waals surface area contributed by atoms with E-state index in [9.17, 15) is 9.90 Å². The molecule has 0 amide bonds. The van der Waals surface area contributed by atoms with Gasteiger partial charge in [-0.1, -0.05) is 41.4 Å². The minimum Gasteiger partial charge on any atom is -0.393 e. The molecule has 7 atom stereocenters. The average molecular weight is 395 g/mol. The number of rotatable bonds is 1. The topological polar surface area (TPSA) is 37.3 Å². The highest BCUT2D eigenvalue weighted by atomic mass is 79.9. The molecule has 0 bridgehead atoms. The fourth-order valence-electron chi connectivity index (χ4n) is 7.20. The zero-order chi connectivity index (χ0) is 17.3. The zero-order valence-electron chi connectivity index (χ0n) is 15.3. The third kappa shape index (κ3) is 2.06. The summed E-state index contributed by atoms with van der Waals surface area (Å²) in [6, 6.07) is 0. The Morgan fingerprint density at radius 2 is 1.88 bits per heavy atom. The molecule has 2 nitrogen and oxygen atoms in total. The van der Waals surface area contributed by atoms with Gasteiger partial charge in [-0.15, -0.1) is 0 Å². The van der Waals surface area contributed by atoms with E-state index in [1.807, 2.05) is 0 Å². The number of aliphatic hydroxyl groups is 1. The number of fused-ring (bicyclic) bond motifs is 5. The van der Waals surface area contributed by atoms with Crippen LogP contribution < -0.4 is 0 Å². The third-order valence-corrected chi connectivity index (χ3v) is 10.6. The third-order valence-electron chi connectivity index (χ3n) is 8.73. The van der Waals surface area contributed by atoms with Gasteiger partial charge in [0.1, 0.15) is 5.78 Å². The maximum absolute atomic E-state index is 12.4. The van der Waals surface area contributed by atoms with Crippen molar-refractivity contribution in [2.24, 2.45) is 28.6 Å². The van der Waals surface area contributed by atoms with Crippen LogP contribution in [0, 0.1) is 28.6 Å². The Balaban J connectivity index is 1.69. The number of carbonyl (C=O) groups is 1. The summed E-state index contributed by atoms with van der Waals surface area (Å²) in [6.07, 6.45) is 11.1. The van der Waals surface area contributed by atoms with Gasteiger partial charge in [0.15, 0.2) is 0 Å². The normalized spacial score (nSPS) is 53.6. The molecule has 0 saturated heterocycles. The van der Waals surface area contributed by atoms with Crippen LogP contribution >= 0.6 is 15.9 Å². The quantitative estimate of drug-likeness (QED) is 0.499. The Kier molecular flexibility index (Phi) is 3.90. The van der Waals surface area contributed by atoms with Crippen LogP contribution in [0.5, 0.6) is 0 Å². The molecule has 0 heterocycles. The molecule has 0 spiro atoms. The van der Waals surface area contributed by atoms with E-state index in [-0.39, 0.29) is 21.3 Å². The maximum atomic E-state index is 12.4. The van der Waals surface area contributed by atoms with E-state index >= 15 is 0 Å². The van der Waals surface area contributed by atoms with Crippen LogP contribution in [0.2, 0.25) is 0 Å². The molecule has 1 N–H and O–H groups in total. The molecule has 3 fully saturated rings. The molecule has 0 aromatic carbocycles. The zero-order valence-corrected chi connectivity index (χ0v) is 16.9. The molecule has 0 aromatic heterocycles. The lowest BCUT2D eigenvalue weighted by molar-refractivity contribution is -0.124. The minimum absolute atomic E-state index is 0.107. The first-order chi connectivity index (χ1) is 11.2. The lowest BCUT2D eigenvalue weighted by Crippen LogP contribution is -2.54. The Hall–Kier alpha value is -0.150. The molecule has 4 rings (SSSR count). The van der Waals surface area contributed by atoms with E-state index in [2.05, 4.69) is 35.9 Å². The molecule has 134 valence electrons. The number of hydrogen-bond donors (Lipinski definition) is 1. The number of allylic oxidation sites excluding steroid dienone is 1. The SMILES string of the molecule is CC(=O)[C@@]1(Br)CC[C@H]2[C@@H]3CC=C4C[C@@H](O)CC[C@]4(C)[C@H]3CC[C@@]21C. The highest BCUT2D eigenvalue weighted by Gasteiger charge is 2.64. The van der Waals surface area contributed by atoms with Crippen LogP contribution in [0.4, 0.5) is 0 Å². The Morgan fingerprint density at radius 1 is 1.17 bits per heavy atom. The monoisotopic (exact) mass is 394 g/mol. The summed E-state index contributed by atoms with van der Waals surface area (Å²) < 4.78 is -0.302. The van der Waals surface area contributed by atoms with Crippen molar-refractivity contribution in [3.63, 3.8) is 0 Å². The van der Waals surface area contributed by atoms with Crippen LogP contribution in [0.15, 0.2) is 11.6 Å². The molecule has 0 unspecified atom stereocenters. The van der Waals surface area contributed by atoms with Gasteiger partial charge in [0, 0.05) is 0 Å². The second-order valence-electron chi connectivity index (χ2n) is 9.51. The van der Waals surface area contributed by atoms with Crippen molar-refractivity contribution in [3.05, 3.63) is 11.6 Å². The number of halogens is 1. The minimum atomic E-state index is -0.302. The predicted molar refractivity (Wildman–Crippen MR) is 100 cm³/mol. The summed E-state index contributed by atoms with van der Waals surface area (Å²) in [4.78, 5) is 12.4. The summed E-state index contributed by atoms with van der Waals surface area (Å²) in [5, 5.41) is 10.1. The highest BCUT2D eigenvalue weighted by Crippen LogP contribution is 2.69. The fraction of sp³-hybridized carbons (Fsp3) is 0.857. The lowest BCUT2D eigenvalue weighted by atomic mass is 9.47. The van der Waals surface area contributed by atoms with Gasteiger partial charge in [0.2, 0.25) is 0 Å². The Bertz CT molecular complexity index is 599. The highest BCUT2D eigenvalue weighted by molar-refractivity contribution is 9.10. The maximum Gasteiger partial charge on any atom is 0.147 e. The van der Waals surface area contributed by atoms with Crippen molar-refractivity contribution in [3.8, 4) is 0 Å². The molecular weight excluding hydrogens is 364 g/mol. The molecule has 0 aromatic rings. The predicted octanol–water partition coefficient (Wildman–Crippen LogP) is 5.03. The molecule has 3 heteroatoms. The molecule has 3 saturated carbocycles. The fourth-order valence-corrected chi connectivity index (χ4v) is 7.93. The van der Waals surface area contributed by atoms with Gasteiger partial charge in [-0.2, -0.15) is 0 Å². The molecule has 24 heavy (non-hydrogen) atoms. The van der Waals surface area contributed by atoms with E-state index in [4.69, 9.17) is 0 Å². The van der Waals surface area contributed by atoms with Crippen molar-refractivity contribution < 1.29 is 9.90 Å². The van der Waals surface area contributed by atoms with E-state index in [1.54, 1.807) is 6.92 Å². The van der Waals surface area contributed by atoms with E-state index in [1.165, 1.54) is 18.4 Å². The van der Waals surface area contributed by atoms with Crippen LogP contribution in [0.3, 0.4) is 0 Å². The number of aliphatic hydroxyl groups excluding tert-OH is 1. The smallest absolute Gasteiger partial charge is 0.147 e. The second-order valence-corrected chi connectivity index (χ2v) is 10.9. The molecule has 4 aliphatic carbocycles. The van der Waals surface area contributed by atoms with Crippen LogP contribution in [0.25, 0.3) is 0 Å². The summed E-state index contributed by atoms with van der Waals surface area (Å²) >= 11 is 3.92. The summed E-state index contributed by atoms with van der Waals surface area (Å²) in [5.74, 6) is 2.43. The lowest BCUT2D eigenvalue weighted by Gasteiger charge is -2.58. The van der Waals surface area contributed by atoms with Gasteiger partial charge in [-0.3, -0.25) is 4.79 Å².